The molecule has 0 atom stereocenters. The summed E-state index contributed by atoms with van der Waals surface area (Å²) in [5.41, 5.74) is 0. The molecule has 2 saturated heterocycles. The lowest BCUT2D eigenvalue weighted by molar-refractivity contribution is 0.177. The minimum absolute atomic E-state index is 0.975. The molecule has 0 aromatic rings. The van der Waals surface area contributed by atoms with Crippen LogP contribution in [0.3, 0.4) is 0 Å². The predicted octanol–water partition coefficient (Wildman–Crippen LogP) is 1.24. The van der Waals surface area contributed by atoms with E-state index in [2.05, 4.69) is 23.3 Å². The van der Waals surface area contributed by atoms with Crippen molar-refractivity contribution in [3.63, 3.8) is 0 Å². The molecule has 2 aliphatic heterocycles. The molecule has 0 spiro atoms. The van der Waals surface area contributed by atoms with Crippen molar-refractivity contribution in [3.05, 3.63) is 6.42 Å². The van der Waals surface area contributed by atoms with E-state index >= 15 is 0 Å². The number of nitrogens with zero attached hydrogens (tertiary/aromatic N) is 2. The van der Waals surface area contributed by atoms with E-state index in [1.807, 2.05) is 0 Å². The third-order valence-corrected chi connectivity index (χ3v) is 3.39. The Kier molecular flexibility index (Phi) is 3.12. The highest BCUT2D eigenvalue weighted by atomic mass is 15.1. The van der Waals surface area contributed by atoms with E-state index in [0.29, 0.717) is 0 Å². The highest BCUT2D eigenvalue weighted by molar-refractivity contribution is 4.83. The van der Waals surface area contributed by atoms with Gasteiger partial charge in [0.2, 0.25) is 0 Å². The minimum Gasteiger partial charge on any atom is -0.306 e. The van der Waals surface area contributed by atoms with Crippen LogP contribution >= 0.6 is 0 Å². The Bertz CT molecular complexity index is 144. The normalized spacial score (nSPS) is 27.8. The van der Waals surface area contributed by atoms with Crippen LogP contribution in [-0.4, -0.2) is 49.6 Å². The van der Waals surface area contributed by atoms with E-state index in [1.165, 1.54) is 52.0 Å². The maximum Gasteiger partial charge on any atom is 0.141 e. The van der Waals surface area contributed by atoms with Crippen LogP contribution in [0.4, 0.5) is 0 Å². The fourth-order valence-corrected chi connectivity index (χ4v) is 2.41. The average Bonchev–Trinajstić information content (AvgIpc) is 2.62. The third-order valence-electron chi connectivity index (χ3n) is 3.39. The Morgan fingerprint density at radius 3 is 2.62 bits per heavy atom. The fraction of sp³-hybridized carbons (Fsp3) is 0.909. The van der Waals surface area contributed by atoms with Crippen molar-refractivity contribution < 1.29 is 0 Å². The summed E-state index contributed by atoms with van der Waals surface area (Å²) in [7, 11) is 2.24. The van der Waals surface area contributed by atoms with Gasteiger partial charge >= 0.3 is 0 Å². The van der Waals surface area contributed by atoms with Crippen LogP contribution in [0.1, 0.15) is 19.3 Å². The van der Waals surface area contributed by atoms with Gasteiger partial charge < -0.3 is 4.90 Å². The molecule has 2 aliphatic rings. The second-order valence-corrected chi connectivity index (χ2v) is 4.58. The molecule has 2 heterocycles. The zero-order chi connectivity index (χ0) is 9.10. The van der Waals surface area contributed by atoms with E-state index in [0.717, 1.165) is 5.92 Å². The summed E-state index contributed by atoms with van der Waals surface area (Å²) >= 11 is 0. The zero-order valence-corrected chi connectivity index (χ0v) is 8.71. The summed E-state index contributed by atoms with van der Waals surface area (Å²) in [6.45, 7) is 6.52. The van der Waals surface area contributed by atoms with E-state index < -0.39 is 0 Å². The van der Waals surface area contributed by atoms with Gasteiger partial charge in [-0.25, -0.2) is 0 Å². The fourth-order valence-electron chi connectivity index (χ4n) is 2.41. The molecule has 0 radical (unpaired) electrons. The lowest BCUT2D eigenvalue weighted by atomic mass is 9.97. The molecule has 0 unspecified atom stereocenters. The van der Waals surface area contributed by atoms with E-state index in [-0.39, 0.29) is 0 Å². The summed E-state index contributed by atoms with van der Waals surface area (Å²) in [5.74, 6) is 0.975. The Morgan fingerprint density at radius 1 is 1.23 bits per heavy atom. The average molecular weight is 181 g/mol. The van der Waals surface area contributed by atoms with Crippen molar-refractivity contribution in [1.29, 1.82) is 0 Å². The lowest BCUT2D eigenvalue weighted by Crippen LogP contribution is -2.36. The number of rotatable bonds is 2. The van der Waals surface area contributed by atoms with Gasteiger partial charge in [-0.05, 0) is 38.9 Å². The molecule has 2 heteroatoms. The van der Waals surface area contributed by atoms with E-state index in [9.17, 15) is 0 Å². The van der Waals surface area contributed by atoms with Crippen molar-refractivity contribution in [3.8, 4) is 0 Å². The molecule has 2 nitrogen and oxygen atoms in total. The first-order chi connectivity index (χ1) is 6.34. The van der Waals surface area contributed by atoms with E-state index in [4.69, 9.17) is 0 Å². The number of hydrogen-bond donors (Lipinski definition) is 0. The topological polar surface area (TPSA) is 6.48 Å². The summed E-state index contributed by atoms with van der Waals surface area (Å²) < 4.78 is 0. The highest BCUT2D eigenvalue weighted by Gasteiger charge is 2.24. The molecular weight excluding hydrogens is 160 g/mol. The van der Waals surface area contributed by atoms with Gasteiger partial charge in [0.15, 0.2) is 0 Å². The SMILES string of the molecule is CN1CCC(CN2C[CH+]CC2)CC1. The molecular formula is C11H21N2+. The summed E-state index contributed by atoms with van der Waals surface area (Å²) in [6.07, 6.45) is 6.54. The highest BCUT2D eigenvalue weighted by Crippen LogP contribution is 2.19. The second kappa shape index (κ2) is 4.34. The molecule has 13 heavy (non-hydrogen) atoms. The maximum absolute atomic E-state index is 2.61. The van der Waals surface area contributed by atoms with Crippen LogP contribution in [0.25, 0.3) is 0 Å². The molecule has 0 saturated carbocycles. The summed E-state index contributed by atoms with van der Waals surface area (Å²) in [6, 6.07) is 0. The minimum atomic E-state index is 0.975. The van der Waals surface area contributed by atoms with Gasteiger partial charge in [0.1, 0.15) is 13.0 Å². The largest absolute Gasteiger partial charge is 0.306 e. The molecule has 74 valence electrons. The van der Waals surface area contributed by atoms with E-state index in [1.54, 1.807) is 0 Å². The van der Waals surface area contributed by atoms with Gasteiger partial charge in [0.25, 0.3) is 0 Å². The standard InChI is InChI=1S/C11H21N2/c1-12-8-4-11(5-9-12)10-13-6-2-3-7-13/h2,11H,3-10H2,1H3/q+1. The van der Waals surface area contributed by atoms with Crippen LogP contribution in [0.2, 0.25) is 0 Å². The van der Waals surface area contributed by atoms with Crippen LogP contribution < -0.4 is 0 Å². The van der Waals surface area contributed by atoms with Gasteiger partial charge in [-0.3, -0.25) is 4.90 Å². The Morgan fingerprint density at radius 2 is 2.00 bits per heavy atom. The van der Waals surface area contributed by atoms with Crippen molar-refractivity contribution in [1.82, 2.24) is 9.80 Å². The molecule has 0 aliphatic carbocycles. The first-order valence-electron chi connectivity index (χ1n) is 5.57. The summed E-state index contributed by atoms with van der Waals surface area (Å²) in [4.78, 5) is 5.06. The molecule has 0 amide bonds. The van der Waals surface area contributed by atoms with Crippen molar-refractivity contribution in [2.75, 3.05) is 39.8 Å². The van der Waals surface area contributed by atoms with Crippen molar-refractivity contribution >= 4 is 0 Å². The quantitative estimate of drug-likeness (QED) is 0.591. The molecule has 0 bridgehead atoms. The Labute approximate surface area is 81.9 Å². The number of hydrogen-bond acceptors (Lipinski definition) is 2. The van der Waals surface area contributed by atoms with Crippen LogP contribution in [-0.2, 0) is 0 Å². The zero-order valence-electron chi connectivity index (χ0n) is 8.71. The third kappa shape index (κ3) is 2.61. The number of piperidine rings is 1. The number of likely N-dealkylation sites (tertiary alicyclic amines) is 2. The lowest BCUT2D eigenvalue weighted by Gasteiger charge is -2.30. The molecule has 0 aromatic heterocycles. The van der Waals surface area contributed by atoms with Gasteiger partial charge in [-0.2, -0.15) is 0 Å². The Balaban J connectivity index is 1.69. The van der Waals surface area contributed by atoms with Crippen LogP contribution in [0, 0.1) is 12.3 Å². The van der Waals surface area contributed by atoms with Gasteiger partial charge in [-0.1, -0.05) is 0 Å². The molecule has 2 rings (SSSR count). The van der Waals surface area contributed by atoms with Gasteiger partial charge in [-0.15, -0.1) is 0 Å². The van der Waals surface area contributed by atoms with Crippen LogP contribution in [0.5, 0.6) is 0 Å². The molecule has 2 fully saturated rings. The molecule has 0 N–H and O–H groups in total. The predicted molar refractivity (Wildman–Crippen MR) is 55.6 cm³/mol. The van der Waals surface area contributed by atoms with Crippen molar-refractivity contribution in [2.24, 2.45) is 5.92 Å². The summed E-state index contributed by atoms with van der Waals surface area (Å²) in [5, 5.41) is 0. The smallest absolute Gasteiger partial charge is 0.141 e. The van der Waals surface area contributed by atoms with Crippen molar-refractivity contribution in [2.45, 2.75) is 19.3 Å². The van der Waals surface area contributed by atoms with Crippen LogP contribution in [0.15, 0.2) is 0 Å². The second-order valence-electron chi connectivity index (χ2n) is 4.58. The van der Waals surface area contributed by atoms with Gasteiger partial charge in [0, 0.05) is 13.1 Å². The maximum atomic E-state index is 2.61. The monoisotopic (exact) mass is 181 g/mol. The first kappa shape index (κ1) is 9.35. The van der Waals surface area contributed by atoms with Gasteiger partial charge in [0.05, 0.1) is 6.42 Å². The Hall–Kier alpha value is -0.210. The molecule has 0 aromatic carbocycles. The first-order valence-corrected chi connectivity index (χ1v) is 5.57.